The van der Waals surface area contributed by atoms with E-state index in [-0.39, 0.29) is 10.9 Å². The zero-order valence-corrected chi connectivity index (χ0v) is 17.5. The van der Waals surface area contributed by atoms with Crippen molar-refractivity contribution in [2.75, 3.05) is 19.6 Å². The second kappa shape index (κ2) is 9.93. The lowest BCUT2D eigenvalue weighted by Crippen LogP contribution is -2.40. The molecule has 0 spiro atoms. The molecule has 3 rings (SSSR count). The smallest absolute Gasteiger partial charge is 0.240 e. The third-order valence-electron chi connectivity index (χ3n) is 4.78. The molecule has 154 valence electrons. The van der Waals surface area contributed by atoms with Crippen LogP contribution < -0.4 is 15.8 Å². The fourth-order valence-electron chi connectivity index (χ4n) is 3.19. The molecule has 0 saturated heterocycles. The van der Waals surface area contributed by atoms with Crippen LogP contribution in [0.1, 0.15) is 18.1 Å². The summed E-state index contributed by atoms with van der Waals surface area (Å²) < 4.78 is 28.1. The van der Waals surface area contributed by atoms with E-state index in [1.807, 2.05) is 13.0 Å². The first-order chi connectivity index (χ1) is 14.0. The average Bonchev–Trinajstić information content (AvgIpc) is 2.72. The largest absolute Gasteiger partial charge is 0.330 e. The molecule has 2 aromatic carbocycles. The van der Waals surface area contributed by atoms with E-state index >= 15 is 0 Å². The third-order valence-corrected chi connectivity index (χ3v) is 6.36. The third kappa shape index (κ3) is 6.08. The van der Waals surface area contributed by atoms with Crippen molar-refractivity contribution in [2.45, 2.75) is 30.7 Å². The lowest BCUT2D eigenvalue weighted by atomic mass is 10.1. The lowest BCUT2D eigenvalue weighted by Gasteiger charge is -2.15. The molecule has 0 radical (unpaired) electrons. The number of rotatable bonds is 10. The standard InChI is InChI=1S/C22H28N4O2S/c1-17(15-24-12-9-19-4-2-18(3-5-19)8-11-23)26-29(27,28)22-7-6-21-16-25-13-10-20(21)14-22/h2-7,10,13-14,16-17,24,26H,8-9,11-12,15,23H2,1H3. The highest BCUT2D eigenvalue weighted by Crippen LogP contribution is 2.18. The van der Waals surface area contributed by atoms with E-state index < -0.39 is 10.0 Å². The fraction of sp³-hybridized carbons (Fsp3) is 0.318. The Balaban J connectivity index is 1.48. The summed E-state index contributed by atoms with van der Waals surface area (Å²) in [6, 6.07) is 15.1. The molecule has 6 nitrogen and oxygen atoms in total. The van der Waals surface area contributed by atoms with E-state index in [0.29, 0.717) is 13.1 Å². The fourth-order valence-corrected chi connectivity index (χ4v) is 4.47. The second-order valence-electron chi connectivity index (χ2n) is 7.22. The van der Waals surface area contributed by atoms with E-state index in [0.717, 1.165) is 30.2 Å². The van der Waals surface area contributed by atoms with E-state index in [2.05, 4.69) is 39.3 Å². The van der Waals surface area contributed by atoms with Gasteiger partial charge in [-0.3, -0.25) is 4.98 Å². The summed E-state index contributed by atoms with van der Waals surface area (Å²) >= 11 is 0. The van der Waals surface area contributed by atoms with Gasteiger partial charge in [0.25, 0.3) is 0 Å². The van der Waals surface area contributed by atoms with E-state index in [4.69, 9.17) is 5.73 Å². The summed E-state index contributed by atoms with van der Waals surface area (Å²) in [6.45, 7) is 3.86. The SMILES string of the molecule is CC(CNCCc1ccc(CCN)cc1)NS(=O)(=O)c1ccc2cnccc2c1. The molecule has 0 aliphatic rings. The van der Waals surface area contributed by atoms with Gasteiger partial charge in [-0.1, -0.05) is 30.3 Å². The first-order valence-electron chi connectivity index (χ1n) is 9.82. The van der Waals surface area contributed by atoms with Crippen LogP contribution in [0.15, 0.2) is 65.8 Å². The minimum absolute atomic E-state index is 0.222. The molecule has 0 fully saturated rings. The van der Waals surface area contributed by atoms with Crippen molar-refractivity contribution in [3.05, 3.63) is 72.1 Å². The van der Waals surface area contributed by atoms with Crippen LogP contribution in [0.3, 0.4) is 0 Å². The van der Waals surface area contributed by atoms with Crippen molar-refractivity contribution in [3.63, 3.8) is 0 Å². The van der Waals surface area contributed by atoms with Crippen molar-refractivity contribution in [2.24, 2.45) is 5.73 Å². The highest BCUT2D eigenvalue weighted by Gasteiger charge is 2.17. The van der Waals surface area contributed by atoms with Gasteiger partial charge in [-0.2, -0.15) is 0 Å². The van der Waals surface area contributed by atoms with Gasteiger partial charge in [0.05, 0.1) is 4.90 Å². The van der Waals surface area contributed by atoms with Crippen molar-refractivity contribution >= 4 is 20.8 Å². The molecule has 1 unspecified atom stereocenters. The molecule has 1 atom stereocenters. The lowest BCUT2D eigenvalue weighted by molar-refractivity contribution is 0.537. The van der Waals surface area contributed by atoms with Crippen molar-refractivity contribution in [1.29, 1.82) is 0 Å². The topological polar surface area (TPSA) is 97.1 Å². The van der Waals surface area contributed by atoms with Crippen LogP contribution >= 0.6 is 0 Å². The summed E-state index contributed by atoms with van der Waals surface area (Å²) in [5.74, 6) is 0. The van der Waals surface area contributed by atoms with Crippen molar-refractivity contribution < 1.29 is 8.42 Å². The van der Waals surface area contributed by atoms with Gasteiger partial charge in [0.1, 0.15) is 0 Å². The average molecular weight is 413 g/mol. The van der Waals surface area contributed by atoms with Gasteiger partial charge in [0.15, 0.2) is 0 Å². The summed E-state index contributed by atoms with van der Waals surface area (Å²) in [5, 5.41) is 5.09. The molecule has 7 heteroatoms. The van der Waals surface area contributed by atoms with E-state index in [9.17, 15) is 8.42 Å². The number of nitrogens with two attached hydrogens (primary N) is 1. The van der Waals surface area contributed by atoms with E-state index in [1.165, 1.54) is 11.1 Å². The first kappa shape index (κ1) is 21.4. The molecule has 0 bridgehead atoms. The summed E-state index contributed by atoms with van der Waals surface area (Å²) in [4.78, 5) is 4.32. The zero-order valence-electron chi connectivity index (χ0n) is 16.6. The maximum atomic E-state index is 12.7. The molecule has 1 heterocycles. The zero-order chi connectivity index (χ0) is 20.7. The summed E-state index contributed by atoms with van der Waals surface area (Å²) in [6.07, 6.45) is 5.16. The molecular weight excluding hydrogens is 384 g/mol. The number of nitrogens with one attached hydrogen (secondary N) is 2. The molecule has 0 aliphatic carbocycles. The Bertz CT molecular complexity index is 1040. The number of aromatic nitrogens is 1. The first-order valence-corrected chi connectivity index (χ1v) is 11.3. The number of hydrogen-bond acceptors (Lipinski definition) is 5. The van der Waals surface area contributed by atoms with Crippen molar-refractivity contribution in [3.8, 4) is 0 Å². The molecule has 0 aliphatic heterocycles. The van der Waals surface area contributed by atoms with Gasteiger partial charge in [0.2, 0.25) is 10.0 Å². The molecule has 4 N–H and O–H groups in total. The van der Waals surface area contributed by atoms with Gasteiger partial charge in [-0.25, -0.2) is 13.1 Å². The molecular formula is C22H28N4O2S. The Morgan fingerprint density at radius 1 is 1.00 bits per heavy atom. The van der Waals surface area contributed by atoms with Gasteiger partial charge in [-0.05, 0) is 67.6 Å². The van der Waals surface area contributed by atoms with Crippen LogP contribution in [0.4, 0.5) is 0 Å². The van der Waals surface area contributed by atoms with Crippen LogP contribution in [0.25, 0.3) is 10.8 Å². The maximum Gasteiger partial charge on any atom is 0.240 e. The van der Waals surface area contributed by atoms with Crippen LogP contribution in [-0.4, -0.2) is 39.1 Å². The normalized spacial score (nSPS) is 12.9. The van der Waals surface area contributed by atoms with Gasteiger partial charge < -0.3 is 11.1 Å². The Hall–Kier alpha value is -2.32. The van der Waals surface area contributed by atoms with Gasteiger partial charge in [-0.15, -0.1) is 0 Å². The van der Waals surface area contributed by atoms with E-state index in [1.54, 1.807) is 30.6 Å². The Labute approximate surface area is 172 Å². The maximum absolute atomic E-state index is 12.7. The predicted octanol–water partition coefficient (Wildman–Crippen LogP) is 2.24. The summed E-state index contributed by atoms with van der Waals surface area (Å²) in [7, 11) is -3.57. The number of benzene rings is 2. The van der Waals surface area contributed by atoms with Gasteiger partial charge in [0, 0.05) is 30.4 Å². The number of pyridine rings is 1. The molecule has 1 aromatic heterocycles. The number of nitrogens with zero attached hydrogens (tertiary/aromatic N) is 1. The number of sulfonamides is 1. The van der Waals surface area contributed by atoms with Crippen LogP contribution in [0.2, 0.25) is 0 Å². The Kier molecular flexibility index (Phi) is 7.33. The highest BCUT2D eigenvalue weighted by atomic mass is 32.2. The molecule has 0 amide bonds. The number of fused-ring (bicyclic) bond motifs is 1. The van der Waals surface area contributed by atoms with Crippen LogP contribution in [-0.2, 0) is 22.9 Å². The minimum atomic E-state index is -3.57. The monoisotopic (exact) mass is 412 g/mol. The van der Waals surface area contributed by atoms with Crippen LogP contribution in [0.5, 0.6) is 0 Å². The Morgan fingerprint density at radius 2 is 1.72 bits per heavy atom. The highest BCUT2D eigenvalue weighted by molar-refractivity contribution is 7.89. The summed E-state index contributed by atoms with van der Waals surface area (Å²) in [5.41, 5.74) is 8.06. The molecule has 29 heavy (non-hydrogen) atoms. The Morgan fingerprint density at radius 3 is 2.45 bits per heavy atom. The predicted molar refractivity (Wildman–Crippen MR) is 117 cm³/mol. The molecule has 3 aromatic rings. The van der Waals surface area contributed by atoms with Gasteiger partial charge >= 0.3 is 0 Å². The second-order valence-corrected chi connectivity index (χ2v) is 8.93. The van der Waals surface area contributed by atoms with Crippen molar-refractivity contribution in [1.82, 2.24) is 15.0 Å². The number of hydrogen-bond donors (Lipinski definition) is 3. The quantitative estimate of drug-likeness (QED) is 0.444. The molecule has 0 saturated carbocycles. The minimum Gasteiger partial charge on any atom is -0.330 e. The van der Waals surface area contributed by atoms with Crippen LogP contribution in [0, 0.1) is 0 Å².